The molecule has 0 saturated heterocycles. The van der Waals surface area contributed by atoms with Crippen LogP contribution in [0.3, 0.4) is 0 Å². The molecule has 0 radical (unpaired) electrons. The van der Waals surface area contributed by atoms with Crippen LogP contribution in [-0.2, 0) is 27.7 Å². The number of carbonyl (C=O) groups is 1. The van der Waals surface area contributed by atoms with Crippen molar-refractivity contribution in [3.63, 3.8) is 0 Å². The second-order valence-electron chi connectivity index (χ2n) is 5.61. The highest BCUT2D eigenvalue weighted by atomic mass is 32.2. The molecule has 1 aromatic carbocycles. The molecule has 0 spiro atoms. The Balaban J connectivity index is 2.27. The molecule has 0 saturated carbocycles. The van der Waals surface area contributed by atoms with Crippen molar-refractivity contribution in [2.45, 2.75) is 50.5 Å². The number of fused-ring (bicyclic) bond motifs is 1. The number of nitrogens with one attached hydrogen (secondary N) is 1. The van der Waals surface area contributed by atoms with Gasteiger partial charge in [-0.25, -0.2) is 8.42 Å². The number of sulfonamides is 1. The third kappa shape index (κ3) is 3.44. The van der Waals surface area contributed by atoms with Crippen LogP contribution in [-0.4, -0.2) is 25.5 Å². The molecular weight excluding hydrogens is 290 g/mol. The van der Waals surface area contributed by atoms with Crippen LogP contribution in [0.1, 0.15) is 37.8 Å². The fourth-order valence-corrected chi connectivity index (χ4v) is 3.94. The lowest BCUT2D eigenvalue weighted by atomic mass is 10.0. The van der Waals surface area contributed by atoms with Crippen molar-refractivity contribution in [2.75, 3.05) is 0 Å². The van der Waals surface area contributed by atoms with Crippen molar-refractivity contribution >= 4 is 16.0 Å². The first kappa shape index (κ1) is 16.0. The molecule has 0 heterocycles. The van der Waals surface area contributed by atoms with E-state index in [0.717, 1.165) is 24.8 Å². The van der Waals surface area contributed by atoms with Gasteiger partial charge in [-0.3, -0.25) is 4.79 Å². The molecule has 0 aliphatic heterocycles. The van der Waals surface area contributed by atoms with Crippen LogP contribution in [0.25, 0.3) is 0 Å². The van der Waals surface area contributed by atoms with Gasteiger partial charge in [0.25, 0.3) is 0 Å². The minimum absolute atomic E-state index is 0.151. The van der Waals surface area contributed by atoms with E-state index in [1.54, 1.807) is 19.1 Å². The molecule has 0 bridgehead atoms. The van der Waals surface area contributed by atoms with Gasteiger partial charge >= 0.3 is 5.97 Å². The highest BCUT2D eigenvalue weighted by molar-refractivity contribution is 7.89. The summed E-state index contributed by atoms with van der Waals surface area (Å²) in [6.45, 7) is 3.56. The average molecular weight is 311 g/mol. The molecule has 0 fully saturated rings. The molecule has 21 heavy (non-hydrogen) atoms. The Morgan fingerprint density at radius 1 is 1.33 bits per heavy atom. The Bertz CT molecular complexity index is 639. The molecule has 2 rings (SSSR count). The van der Waals surface area contributed by atoms with Gasteiger partial charge in [0.1, 0.15) is 6.04 Å². The molecule has 2 unspecified atom stereocenters. The standard InChI is InChI=1S/C15H21NO4S/c1-3-10(2)14(15(17)18)16-21(19,20)13-8-7-11-5-4-6-12(11)9-13/h7-10,14,16H,3-6H2,1-2H3,(H,17,18). The molecule has 116 valence electrons. The maximum atomic E-state index is 12.4. The SMILES string of the molecule is CCC(C)C(NS(=O)(=O)c1ccc2c(c1)CCC2)C(=O)O. The van der Waals surface area contributed by atoms with E-state index in [2.05, 4.69) is 4.72 Å². The van der Waals surface area contributed by atoms with Gasteiger partial charge in [0.05, 0.1) is 4.90 Å². The van der Waals surface area contributed by atoms with Crippen LogP contribution in [0.5, 0.6) is 0 Å². The minimum atomic E-state index is -3.81. The van der Waals surface area contributed by atoms with Crippen molar-refractivity contribution in [1.29, 1.82) is 0 Å². The van der Waals surface area contributed by atoms with Gasteiger partial charge in [0.2, 0.25) is 10.0 Å². The summed E-state index contributed by atoms with van der Waals surface area (Å²) in [6.07, 6.45) is 3.49. The molecule has 0 amide bonds. The summed E-state index contributed by atoms with van der Waals surface area (Å²) in [5.74, 6) is -1.42. The third-order valence-corrected chi connectivity index (χ3v) is 5.58. The Kier molecular flexibility index (Phi) is 4.68. The van der Waals surface area contributed by atoms with Crippen molar-refractivity contribution in [3.8, 4) is 0 Å². The van der Waals surface area contributed by atoms with Crippen LogP contribution in [0.4, 0.5) is 0 Å². The number of hydrogen-bond acceptors (Lipinski definition) is 3. The number of benzene rings is 1. The molecule has 1 aromatic rings. The van der Waals surface area contributed by atoms with Crippen molar-refractivity contribution in [3.05, 3.63) is 29.3 Å². The van der Waals surface area contributed by atoms with E-state index in [4.69, 9.17) is 0 Å². The first-order chi connectivity index (χ1) is 9.85. The maximum absolute atomic E-state index is 12.4. The largest absolute Gasteiger partial charge is 0.480 e. The fraction of sp³-hybridized carbons (Fsp3) is 0.533. The zero-order chi connectivity index (χ0) is 15.6. The summed E-state index contributed by atoms with van der Waals surface area (Å²) in [4.78, 5) is 11.4. The number of aryl methyl sites for hydroxylation is 2. The van der Waals surface area contributed by atoms with Gasteiger partial charge in [-0.05, 0) is 48.4 Å². The molecule has 2 atom stereocenters. The number of carboxylic acids is 1. The van der Waals surface area contributed by atoms with Crippen molar-refractivity contribution in [1.82, 2.24) is 4.72 Å². The molecule has 1 aliphatic carbocycles. The normalized spacial score (nSPS) is 17.2. The second-order valence-corrected chi connectivity index (χ2v) is 7.32. The van der Waals surface area contributed by atoms with Crippen molar-refractivity contribution < 1.29 is 18.3 Å². The number of rotatable bonds is 6. The van der Waals surface area contributed by atoms with E-state index < -0.39 is 22.0 Å². The van der Waals surface area contributed by atoms with Gasteiger partial charge in [0.15, 0.2) is 0 Å². The third-order valence-electron chi connectivity index (χ3n) is 4.14. The van der Waals surface area contributed by atoms with E-state index in [-0.39, 0.29) is 10.8 Å². The molecule has 5 nitrogen and oxygen atoms in total. The minimum Gasteiger partial charge on any atom is -0.480 e. The molecule has 2 N–H and O–H groups in total. The highest BCUT2D eigenvalue weighted by Gasteiger charge is 2.29. The fourth-order valence-electron chi connectivity index (χ4n) is 2.60. The summed E-state index contributed by atoms with van der Waals surface area (Å²) >= 11 is 0. The van der Waals surface area contributed by atoms with E-state index in [1.165, 1.54) is 5.56 Å². The summed E-state index contributed by atoms with van der Waals surface area (Å²) in [5, 5.41) is 9.21. The number of aliphatic carboxylic acids is 1. The smallest absolute Gasteiger partial charge is 0.322 e. The van der Waals surface area contributed by atoms with Crippen LogP contribution >= 0.6 is 0 Å². The summed E-state index contributed by atoms with van der Waals surface area (Å²) in [6, 6.07) is 3.95. The predicted octanol–water partition coefficient (Wildman–Crippen LogP) is 1.95. The van der Waals surface area contributed by atoms with Crippen LogP contribution in [0.2, 0.25) is 0 Å². The predicted molar refractivity (Wildman–Crippen MR) is 79.7 cm³/mol. The number of hydrogen-bond donors (Lipinski definition) is 2. The van der Waals surface area contributed by atoms with E-state index in [9.17, 15) is 18.3 Å². The Morgan fingerprint density at radius 2 is 2.00 bits per heavy atom. The first-order valence-corrected chi connectivity index (χ1v) is 8.70. The van der Waals surface area contributed by atoms with Gasteiger partial charge in [-0.1, -0.05) is 26.3 Å². The molecular formula is C15H21NO4S. The Hall–Kier alpha value is -1.40. The first-order valence-electron chi connectivity index (χ1n) is 7.22. The van der Waals surface area contributed by atoms with Crippen LogP contribution < -0.4 is 4.72 Å². The topological polar surface area (TPSA) is 83.5 Å². The second kappa shape index (κ2) is 6.15. The lowest BCUT2D eigenvalue weighted by molar-refractivity contribution is -0.140. The van der Waals surface area contributed by atoms with Gasteiger partial charge in [-0.15, -0.1) is 0 Å². The van der Waals surface area contributed by atoms with E-state index >= 15 is 0 Å². The van der Waals surface area contributed by atoms with Gasteiger partial charge in [-0.2, -0.15) is 4.72 Å². The number of carboxylic acid groups (broad SMARTS) is 1. The monoisotopic (exact) mass is 311 g/mol. The molecule has 6 heteroatoms. The van der Waals surface area contributed by atoms with Gasteiger partial charge < -0.3 is 5.11 Å². The Morgan fingerprint density at radius 3 is 2.62 bits per heavy atom. The highest BCUT2D eigenvalue weighted by Crippen LogP contribution is 2.25. The van der Waals surface area contributed by atoms with Crippen LogP contribution in [0, 0.1) is 5.92 Å². The van der Waals surface area contributed by atoms with Crippen molar-refractivity contribution in [2.24, 2.45) is 5.92 Å². The van der Waals surface area contributed by atoms with E-state index in [1.807, 2.05) is 13.0 Å². The average Bonchev–Trinajstić information content (AvgIpc) is 2.91. The Labute approximate surface area is 125 Å². The summed E-state index contributed by atoms with van der Waals surface area (Å²) in [5.41, 5.74) is 2.24. The lowest BCUT2D eigenvalue weighted by Gasteiger charge is -2.20. The maximum Gasteiger partial charge on any atom is 0.322 e. The lowest BCUT2D eigenvalue weighted by Crippen LogP contribution is -2.44. The zero-order valence-corrected chi connectivity index (χ0v) is 13.1. The quantitative estimate of drug-likeness (QED) is 0.841. The van der Waals surface area contributed by atoms with E-state index in [0.29, 0.717) is 6.42 Å². The van der Waals surface area contributed by atoms with Crippen LogP contribution in [0.15, 0.2) is 23.1 Å². The molecule has 0 aromatic heterocycles. The summed E-state index contributed by atoms with van der Waals surface area (Å²) < 4.78 is 27.1. The summed E-state index contributed by atoms with van der Waals surface area (Å²) in [7, 11) is -3.81. The molecule has 1 aliphatic rings. The van der Waals surface area contributed by atoms with Gasteiger partial charge in [0, 0.05) is 0 Å². The zero-order valence-electron chi connectivity index (χ0n) is 12.3.